The fraction of sp³-hybridized carbons (Fsp3) is 0.444. The topological polar surface area (TPSA) is 58.9 Å². The lowest BCUT2D eigenvalue weighted by Crippen LogP contribution is -1.84. The van der Waals surface area contributed by atoms with Crippen LogP contribution >= 0.6 is 22.7 Å². The highest BCUT2D eigenvalue weighted by molar-refractivity contribution is 7.22. The third kappa shape index (κ3) is 6.34. The van der Waals surface area contributed by atoms with Crippen LogP contribution in [0.1, 0.15) is 35.4 Å². The Bertz CT molecular complexity index is 661. The smallest absolute Gasteiger partial charge is 0.211 e. The fourth-order valence-corrected chi connectivity index (χ4v) is 4.55. The third-order valence-electron chi connectivity index (χ3n) is 3.58. The molecular weight excluding hydrogens is 340 g/mol. The van der Waals surface area contributed by atoms with Gasteiger partial charge in [-0.25, -0.2) is 19.6 Å². The van der Waals surface area contributed by atoms with Crippen LogP contribution in [0.15, 0.2) is 34.3 Å². The van der Waals surface area contributed by atoms with Crippen molar-refractivity contribution in [1.29, 1.82) is 0 Å². The standard InChI is InChI=1S/C18H20N2O2S2/c21-13-19-11-3-1-5-15-7-9-17(23-15)18-10-8-16(24-18)6-2-4-12-20-14-22/h7-10H,1-6,11-12H2. The Morgan fingerprint density at radius 3 is 1.58 bits per heavy atom. The van der Waals surface area contributed by atoms with E-state index in [4.69, 9.17) is 0 Å². The molecule has 0 aromatic carbocycles. The minimum absolute atomic E-state index is 0.578. The second-order valence-corrected chi connectivity index (χ2v) is 7.73. The largest absolute Gasteiger partial charge is 0.234 e. The van der Waals surface area contributed by atoms with E-state index in [0.29, 0.717) is 13.1 Å². The number of thiophene rings is 2. The molecule has 2 rings (SSSR count). The first-order valence-corrected chi connectivity index (χ1v) is 9.72. The van der Waals surface area contributed by atoms with Crippen molar-refractivity contribution in [3.63, 3.8) is 0 Å². The van der Waals surface area contributed by atoms with Crippen LogP contribution < -0.4 is 0 Å². The normalized spacial score (nSPS) is 10.2. The molecule has 2 aromatic rings. The van der Waals surface area contributed by atoms with Gasteiger partial charge in [-0.15, -0.1) is 22.7 Å². The van der Waals surface area contributed by atoms with E-state index in [9.17, 15) is 9.59 Å². The molecule has 6 heteroatoms. The molecule has 2 aromatic heterocycles. The average Bonchev–Trinajstić information content (AvgIpc) is 3.23. The number of isocyanates is 2. The van der Waals surface area contributed by atoms with Gasteiger partial charge in [0.1, 0.15) is 0 Å². The summed E-state index contributed by atoms with van der Waals surface area (Å²) in [7, 11) is 0. The molecular formula is C18H20N2O2S2. The molecule has 24 heavy (non-hydrogen) atoms. The summed E-state index contributed by atoms with van der Waals surface area (Å²) in [4.78, 5) is 32.5. The lowest BCUT2D eigenvalue weighted by Gasteiger charge is -1.96. The van der Waals surface area contributed by atoms with Crippen LogP contribution in [0.3, 0.4) is 0 Å². The first-order chi connectivity index (χ1) is 11.8. The average molecular weight is 361 g/mol. The number of carbonyl (C=O) groups excluding carboxylic acids is 2. The zero-order valence-corrected chi connectivity index (χ0v) is 15.1. The molecule has 0 unspecified atom stereocenters. The van der Waals surface area contributed by atoms with Crippen LogP contribution in [0.5, 0.6) is 0 Å². The molecule has 126 valence electrons. The van der Waals surface area contributed by atoms with Crippen LogP contribution in [0.2, 0.25) is 0 Å². The number of aryl methyl sites for hydroxylation is 2. The summed E-state index contributed by atoms with van der Waals surface area (Å²) in [5.74, 6) is 0. The number of aliphatic imine (C=N–C) groups is 2. The monoisotopic (exact) mass is 360 g/mol. The molecule has 0 spiro atoms. The summed E-state index contributed by atoms with van der Waals surface area (Å²) in [6.07, 6.45) is 9.18. The molecule has 0 bridgehead atoms. The van der Waals surface area contributed by atoms with Crippen LogP contribution in [0, 0.1) is 0 Å². The van der Waals surface area contributed by atoms with Gasteiger partial charge in [0.15, 0.2) is 0 Å². The number of hydrogen-bond donors (Lipinski definition) is 0. The Kier molecular flexibility index (Phi) is 8.36. The molecule has 2 heterocycles. The summed E-state index contributed by atoms with van der Waals surface area (Å²) in [5.41, 5.74) is 0. The SMILES string of the molecule is O=C=NCCCCc1ccc(-c2ccc(CCCCN=C=O)s2)s1. The summed E-state index contributed by atoms with van der Waals surface area (Å²) in [6, 6.07) is 8.77. The van der Waals surface area contributed by atoms with Crippen LogP contribution in [-0.4, -0.2) is 25.2 Å². The van der Waals surface area contributed by atoms with Crippen molar-refractivity contribution in [3.8, 4) is 9.75 Å². The van der Waals surface area contributed by atoms with Gasteiger partial charge in [0.2, 0.25) is 12.2 Å². The van der Waals surface area contributed by atoms with Gasteiger partial charge < -0.3 is 0 Å². The van der Waals surface area contributed by atoms with Crippen molar-refractivity contribution in [3.05, 3.63) is 34.0 Å². The fourth-order valence-electron chi connectivity index (χ4n) is 2.36. The van der Waals surface area contributed by atoms with Crippen molar-refractivity contribution < 1.29 is 9.59 Å². The highest BCUT2D eigenvalue weighted by Crippen LogP contribution is 2.34. The van der Waals surface area contributed by atoms with Gasteiger partial charge in [0, 0.05) is 19.5 Å². The predicted octanol–water partition coefficient (Wildman–Crippen LogP) is 4.79. The molecule has 0 atom stereocenters. The van der Waals surface area contributed by atoms with Crippen molar-refractivity contribution in [2.45, 2.75) is 38.5 Å². The predicted molar refractivity (Wildman–Crippen MR) is 99.5 cm³/mol. The van der Waals surface area contributed by atoms with Crippen molar-refractivity contribution in [2.75, 3.05) is 13.1 Å². The van der Waals surface area contributed by atoms with Gasteiger partial charge in [-0.1, -0.05) is 0 Å². The quantitative estimate of drug-likeness (QED) is 0.328. The van der Waals surface area contributed by atoms with Gasteiger partial charge in [-0.05, 0) is 62.8 Å². The first kappa shape index (κ1) is 18.5. The zero-order valence-electron chi connectivity index (χ0n) is 13.5. The highest BCUT2D eigenvalue weighted by atomic mass is 32.1. The summed E-state index contributed by atoms with van der Waals surface area (Å²) < 4.78 is 0. The molecule has 0 radical (unpaired) electrons. The Morgan fingerprint density at radius 2 is 1.17 bits per heavy atom. The van der Waals surface area contributed by atoms with E-state index in [0.717, 1.165) is 38.5 Å². The van der Waals surface area contributed by atoms with Gasteiger partial charge in [-0.3, -0.25) is 0 Å². The Morgan fingerprint density at radius 1 is 0.708 bits per heavy atom. The van der Waals surface area contributed by atoms with E-state index in [1.165, 1.54) is 19.5 Å². The van der Waals surface area contributed by atoms with E-state index in [1.807, 2.05) is 22.7 Å². The van der Waals surface area contributed by atoms with Gasteiger partial charge in [-0.2, -0.15) is 0 Å². The highest BCUT2D eigenvalue weighted by Gasteiger charge is 2.06. The molecule has 0 fully saturated rings. The Hall–Kier alpha value is -1.84. The van der Waals surface area contributed by atoms with Gasteiger partial charge in [0.25, 0.3) is 0 Å². The van der Waals surface area contributed by atoms with Crippen LogP contribution in [0.25, 0.3) is 9.75 Å². The van der Waals surface area contributed by atoms with Crippen LogP contribution in [-0.2, 0) is 22.4 Å². The van der Waals surface area contributed by atoms with Gasteiger partial charge in [0.05, 0.1) is 13.1 Å². The van der Waals surface area contributed by atoms with Gasteiger partial charge >= 0.3 is 0 Å². The maximum atomic E-state index is 10.0. The summed E-state index contributed by atoms with van der Waals surface area (Å²) >= 11 is 3.69. The van der Waals surface area contributed by atoms with Crippen molar-refractivity contribution >= 4 is 34.8 Å². The number of hydrogen-bond acceptors (Lipinski definition) is 6. The van der Waals surface area contributed by atoms with E-state index in [1.54, 1.807) is 12.2 Å². The Balaban J connectivity index is 1.79. The lowest BCUT2D eigenvalue weighted by atomic mass is 10.2. The van der Waals surface area contributed by atoms with Crippen LogP contribution in [0.4, 0.5) is 0 Å². The molecule has 0 saturated heterocycles. The maximum absolute atomic E-state index is 10.0. The van der Waals surface area contributed by atoms with E-state index in [2.05, 4.69) is 34.3 Å². The molecule has 0 aliphatic heterocycles. The van der Waals surface area contributed by atoms with E-state index in [-0.39, 0.29) is 0 Å². The maximum Gasteiger partial charge on any atom is 0.234 e. The minimum Gasteiger partial charge on any atom is -0.211 e. The molecule has 0 N–H and O–H groups in total. The molecule has 0 saturated carbocycles. The third-order valence-corrected chi connectivity index (χ3v) is 6.07. The van der Waals surface area contributed by atoms with Crippen molar-refractivity contribution in [2.24, 2.45) is 9.98 Å². The minimum atomic E-state index is 0.578. The molecule has 4 nitrogen and oxygen atoms in total. The number of nitrogens with zero attached hydrogens (tertiary/aromatic N) is 2. The number of unbranched alkanes of at least 4 members (excludes halogenated alkanes) is 2. The number of rotatable bonds is 11. The molecule has 0 amide bonds. The first-order valence-electron chi connectivity index (χ1n) is 8.08. The summed E-state index contributed by atoms with van der Waals surface area (Å²) in [6.45, 7) is 1.16. The Labute approximate surface area is 150 Å². The van der Waals surface area contributed by atoms with Crippen molar-refractivity contribution in [1.82, 2.24) is 0 Å². The van der Waals surface area contributed by atoms with E-state index >= 15 is 0 Å². The lowest BCUT2D eigenvalue weighted by molar-refractivity contribution is 0.561. The summed E-state index contributed by atoms with van der Waals surface area (Å²) in [5, 5.41) is 0. The zero-order chi connectivity index (χ0) is 17.0. The van der Waals surface area contributed by atoms with E-state index < -0.39 is 0 Å². The molecule has 0 aliphatic rings. The second kappa shape index (κ2) is 10.8. The second-order valence-electron chi connectivity index (χ2n) is 5.39. The molecule has 0 aliphatic carbocycles.